The molecule has 4 rings (SSSR count). The van der Waals surface area contributed by atoms with Crippen LogP contribution in [0.1, 0.15) is 5.69 Å². The molecule has 0 saturated heterocycles. The summed E-state index contributed by atoms with van der Waals surface area (Å²) in [4.78, 5) is 12.9. The van der Waals surface area contributed by atoms with Gasteiger partial charge >= 0.3 is 6.18 Å². The minimum Gasteiger partial charge on any atom is -0.271 e. The van der Waals surface area contributed by atoms with Crippen molar-refractivity contribution in [3.8, 4) is 11.4 Å². The van der Waals surface area contributed by atoms with E-state index in [1.807, 2.05) is 5.10 Å². The number of hydrogen-bond donors (Lipinski definition) is 2. The van der Waals surface area contributed by atoms with Crippen molar-refractivity contribution in [2.24, 2.45) is 5.14 Å². The van der Waals surface area contributed by atoms with Crippen LogP contribution < -0.4 is 10.7 Å². The number of alkyl halides is 3. The van der Waals surface area contributed by atoms with E-state index in [-0.39, 0.29) is 21.0 Å². The predicted molar refractivity (Wildman–Crippen MR) is 108 cm³/mol. The molecule has 31 heavy (non-hydrogen) atoms. The van der Waals surface area contributed by atoms with Gasteiger partial charge in [0.1, 0.15) is 5.39 Å². The van der Waals surface area contributed by atoms with Crippen molar-refractivity contribution in [3.05, 3.63) is 75.4 Å². The number of nitrogens with one attached hydrogen (secondary N) is 1. The SMILES string of the molecule is NS(=O)(=O)c1ccc(-n2c(=O)c3c(C(F)(F)F)[nH]nc3n(-c3ccccc3)c2=S)cc1. The first kappa shape index (κ1) is 21.0. The van der Waals surface area contributed by atoms with Crippen molar-refractivity contribution < 1.29 is 21.6 Å². The summed E-state index contributed by atoms with van der Waals surface area (Å²) in [6.07, 6.45) is -4.87. The number of primary sulfonamides is 1. The summed E-state index contributed by atoms with van der Waals surface area (Å²) >= 11 is 5.43. The molecule has 13 heteroatoms. The van der Waals surface area contributed by atoms with Gasteiger partial charge in [0.2, 0.25) is 10.0 Å². The molecule has 0 aliphatic heterocycles. The summed E-state index contributed by atoms with van der Waals surface area (Å²) < 4.78 is 65.6. The van der Waals surface area contributed by atoms with Crippen molar-refractivity contribution in [1.82, 2.24) is 19.3 Å². The second kappa shape index (κ2) is 7.14. The summed E-state index contributed by atoms with van der Waals surface area (Å²) in [5.41, 5.74) is -2.22. The van der Waals surface area contributed by atoms with Gasteiger partial charge in [0.25, 0.3) is 5.56 Å². The maximum Gasteiger partial charge on any atom is 0.433 e. The van der Waals surface area contributed by atoms with E-state index in [9.17, 15) is 26.4 Å². The summed E-state index contributed by atoms with van der Waals surface area (Å²) in [5, 5.41) is 9.96. The van der Waals surface area contributed by atoms with Crippen LogP contribution in [0.3, 0.4) is 0 Å². The van der Waals surface area contributed by atoms with Crippen LogP contribution in [0.25, 0.3) is 22.4 Å². The average Bonchev–Trinajstić information content (AvgIpc) is 3.14. The van der Waals surface area contributed by atoms with Crippen molar-refractivity contribution in [1.29, 1.82) is 0 Å². The highest BCUT2D eigenvalue weighted by molar-refractivity contribution is 7.89. The smallest absolute Gasteiger partial charge is 0.271 e. The van der Waals surface area contributed by atoms with E-state index in [0.29, 0.717) is 5.69 Å². The van der Waals surface area contributed by atoms with E-state index in [4.69, 9.17) is 17.4 Å². The number of aromatic amines is 1. The number of rotatable bonds is 3. The van der Waals surface area contributed by atoms with E-state index >= 15 is 0 Å². The number of halogens is 3. The van der Waals surface area contributed by atoms with Crippen molar-refractivity contribution in [2.45, 2.75) is 11.1 Å². The first-order valence-electron chi connectivity index (χ1n) is 8.52. The lowest BCUT2D eigenvalue weighted by Crippen LogP contribution is -2.25. The lowest BCUT2D eigenvalue weighted by atomic mass is 10.2. The van der Waals surface area contributed by atoms with E-state index < -0.39 is 32.8 Å². The topological polar surface area (TPSA) is 116 Å². The lowest BCUT2D eigenvalue weighted by Gasteiger charge is -2.14. The number of nitrogens with zero attached hydrogens (tertiary/aromatic N) is 3. The molecule has 0 saturated carbocycles. The van der Waals surface area contributed by atoms with Gasteiger partial charge in [0, 0.05) is 5.69 Å². The number of para-hydroxylation sites is 1. The fraction of sp³-hybridized carbons (Fsp3) is 0.0556. The Balaban J connectivity index is 2.14. The van der Waals surface area contributed by atoms with Crippen molar-refractivity contribution in [3.63, 3.8) is 0 Å². The third-order valence-electron chi connectivity index (χ3n) is 4.48. The van der Waals surface area contributed by atoms with Gasteiger partial charge in [-0.05, 0) is 48.6 Å². The van der Waals surface area contributed by atoms with Crippen LogP contribution in [-0.4, -0.2) is 27.7 Å². The Labute approximate surface area is 177 Å². The lowest BCUT2D eigenvalue weighted by molar-refractivity contribution is -0.140. The largest absolute Gasteiger partial charge is 0.433 e. The zero-order valence-electron chi connectivity index (χ0n) is 15.3. The highest BCUT2D eigenvalue weighted by Crippen LogP contribution is 2.32. The molecule has 4 aromatic rings. The number of benzene rings is 2. The summed E-state index contributed by atoms with van der Waals surface area (Å²) in [7, 11) is -4.01. The first-order chi connectivity index (χ1) is 14.5. The molecule has 0 aliphatic carbocycles. The van der Waals surface area contributed by atoms with E-state index in [1.165, 1.54) is 16.7 Å². The van der Waals surface area contributed by atoms with E-state index in [1.54, 1.807) is 30.3 Å². The first-order valence-corrected chi connectivity index (χ1v) is 10.5. The maximum atomic E-state index is 13.5. The average molecular weight is 467 g/mol. The molecule has 0 radical (unpaired) electrons. The minimum atomic E-state index is -4.87. The molecule has 8 nitrogen and oxygen atoms in total. The normalized spacial score (nSPS) is 12.4. The zero-order chi connectivity index (χ0) is 22.6. The van der Waals surface area contributed by atoms with Gasteiger partial charge in [-0.25, -0.2) is 13.6 Å². The van der Waals surface area contributed by atoms with E-state index in [2.05, 4.69) is 5.10 Å². The Kier molecular flexibility index (Phi) is 4.83. The summed E-state index contributed by atoms with van der Waals surface area (Å²) in [6, 6.07) is 12.9. The Morgan fingerprint density at radius 3 is 2.10 bits per heavy atom. The highest BCUT2D eigenvalue weighted by Gasteiger charge is 2.37. The quantitative estimate of drug-likeness (QED) is 0.450. The van der Waals surface area contributed by atoms with Crippen LogP contribution in [-0.2, 0) is 16.2 Å². The molecule has 3 N–H and O–H groups in total. The van der Waals surface area contributed by atoms with Gasteiger partial charge in [0.05, 0.1) is 10.6 Å². The molecule has 2 aromatic heterocycles. The fourth-order valence-corrected chi connectivity index (χ4v) is 4.01. The molecule has 0 spiro atoms. The molecule has 0 bridgehead atoms. The molecule has 0 aliphatic rings. The Morgan fingerprint density at radius 2 is 1.55 bits per heavy atom. The monoisotopic (exact) mass is 467 g/mol. The van der Waals surface area contributed by atoms with Crippen LogP contribution >= 0.6 is 12.2 Å². The molecule has 0 amide bonds. The number of aromatic nitrogens is 4. The number of hydrogen-bond acceptors (Lipinski definition) is 5. The molecule has 2 heterocycles. The van der Waals surface area contributed by atoms with Gasteiger partial charge in [-0.3, -0.25) is 19.0 Å². The van der Waals surface area contributed by atoms with Gasteiger partial charge < -0.3 is 0 Å². The van der Waals surface area contributed by atoms with Crippen LogP contribution in [0.5, 0.6) is 0 Å². The second-order valence-corrected chi connectivity index (χ2v) is 8.35. The molecular weight excluding hydrogens is 455 g/mol. The van der Waals surface area contributed by atoms with Gasteiger partial charge in [0.15, 0.2) is 16.1 Å². The number of sulfonamides is 1. The molecule has 0 fully saturated rings. The summed E-state index contributed by atoms with van der Waals surface area (Å²) in [5.74, 6) is 0. The standard InChI is InChI=1S/C18H12F3N5O3S2/c19-18(20,21)14-13-15(24-23-14)25(10-4-2-1-3-5-10)17(30)26(16(13)27)11-6-8-12(9-7-11)31(22,28)29/h1-9H,(H,23,24)(H2,22,28,29). The Morgan fingerprint density at radius 1 is 0.968 bits per heavy atom. The number of H-pyrrole nitrogens is 1. The summed E-state index contributed by atoms with van der Waals surface area (Å²) in [6.45, 7) is 0. The third kappa shape index (κ3) is 3.56. The highest BCUT2D eigenvalue weighted by atomic mass is 32.2. The second-order valence-electron chi connectivity index (χ2n) is 6.43. The molecule has 0 atom stereocenters. The number of nitrogens with two attached hydrogens (primary N) is 1. The molecule has 2 aromatic carbocycles. The predicted octanol–water partition coefficient (Wildman–Crippen LogP) is 2.90. The fourth-order valence-electron chi connectivity index (χ4n) is 3.11. The molecule has 0 unspecified atom stereocenters. The van der Waals surface area contributed by atoms with Crippen LogP contribution in [0, 0.1) is 4.77 Å². The Hall–Kier alpha value is -3.29. The van der Waals surface area contributed by atoms with E-state index in [0.717, 1.165) is 16.7 Å². The zero-order valence-corrected chi connectivity index (χ0v) is 16.9. The van der Waals surface area contributed by atoms with Crippen LogP contribution in [0.4, 0.5) is 13.2 Å². The molecular formula is C18H12F3N5O3S2. The third-order valence-corrected chi connectivity index (χ3v) is 5.77. The van der Waals surface area contributed by atoms with Crippen LogP contribution in [0.2, 0.25) is 0 Å². The maximum absolute atomic E-state index is 13.5. The van der Waals surface area contributed by atoms with Crippen molar-refractivity contribution in [2.75, 3.05) is 0 Å². The van der Waals surface area contributed by atoms with Crippen molar-refractivity contribution >= 4 is 33.3 Å². The van der Waals surface area contributed by atoms with Gasteiger partial charge in [-0.1, -0.05) is 18.2 Å². The molecule has 160 valence electrons. The minimum absolute atomic E-state index is 0.0586. The number of fused-ring (bicyclic) bond motifs is 1. The Bertz CT molecular complexity index is 1520. The van der Waals surface area contributed by atoms with Crippen LogP contribution in [0.15, 0.2) is 64.3 Å². The van der Waals surface area contributed by atoms with Gasteiger partial charge in [-0.2, -0.15) is 18.3 Å². The van der Waals surface area contributed by atoms with Gasteiger partial charge in [-0.15, -0.1) is 0 Å².